The molecule has 0 bridgehead atoms. The average molecular weight is 557 g/mol. The van der Waals surface area contributed by atoms with Gasteiger partial charge in [-0.25, -0.2) is 13.4 Å². The van der Waals surface area contributed by atoms with Crippen LogP contribution < -0.4 is 5.56 Å². The van der Waals surface area contributed by atoms with Crippen molar-refractivity contribution >= 4 is 49.1 Å². The van der Waals surface area contributed by atoms with Crippen molar-refractivity contribution in [2.24, 2.45) is 0 Å². The van der Waals surface area contributed by atoms with Gasteiger partial charge in [0.1, 0.15) is 15.6 Å². The van der Waals surface area contributed by atoms with E-state index < -0.39 is 10.0 Å². The predicted molar refractivity (Wildman–Crippen MR) is 146 cm³/mol. The van der Waals surface area contributed by atoms with Crippen LogP contribution in [0.5, 0.6) is 0 Å². The molecule has 3 heterocycles. The normalized spacial score (nSPS) is 14.8. The highest BCUT2D eigenvalue weighted by atomic mass is 35.5. The van der Waals surface area contributed by atoms with Gasteiger partial charge in [0.15, 0.2) is 0 Å². The lowest BCUT2D eigenvalue weighted by atomic mass is 10.1. The zero-order valence-electron chi connectivity index (χ0n) is 20.3. The molecule has 0 saturated carbocycles. The minimum absolute atomic E-state index is 0.0699. The van der Waals surface area contributed by atoms with Crippen LogP contribution in [0.3, 0.4) is 0 Å². The fourth-order valence-corrected chi connectivity index (χ4v) is 7.65. The van der Waals surface area contributed by atoms with Gasteiger partial charge in [0.25, 0.3) is 11.5 Å². The van der Waals surface area contributed by atoms with Crippen LogP contribution in [0.4, 0.5) is 0 Å². The van der Waals surface area contributed by atoms with Crippen LogP contribution in [0, 0.1) is 6.92 Å². The molecule has 37 heavy (non-hydrogen) atoms. The van der Waals surface area contributed by atoms with E-state index in [4.69, 9.17) is 11.6 Å². The van der Waals surface area contributed by atoms with Gasteiger partial charge in [-0.05, 0) is 43.2 Å². The maximum atomic E-state index is 13.1. The lowest BCUT2D eigenvalue weighted by molar-refractivity contribution is 0.0698. The van der Waals surface area contributed by atoms with Crippen LogP contribution in [0.2, 0.25) is 5.02 Å². The van der Waals surface area contributed by atoms with Crippen molar-refractivity contribution < 1.29 is 13.2 Å². The molecule has 4 aromatic rings. The zero-order chi connectivity index (χ0) is 26.3. The number of carbonyl (C=O) groups excluding carboxylic acids is 1. The Hall–Kier alpha value is -3.05. The summed E-state index contributed by atoms with van der Waals surface area (Å²) >= 11 is 7.61. The largest absolute Gasteiger partial charge is 0.336 e. The second kappa shape index (κ2) is 10.0. The van der Waals surface area contributed by atoms with Gasteiger partial charge >= 0.3 is 0 Å². The highest BCUT2D eigenvalue weighted by Gasteiger charge is 2.31. The fraction of sp³-hybridized carbons (Fsp3) is 0.269. The Morgan fingerprint density at radius 2 is 1.76 bits per heavy atom. The zero-order valence-corrected chi connectivity index (χ0v) is 22.7. The summed E-state index contributed by atoms with van der Waals surface area (Å²) in [7, 11) is -3.74. The molecule has 2 aromatic heterocycles. The van der Waals surface area contributed by atoms with Crippen LogP contribution in [0.1, 0.15) is 27.7 Å². The van der Waals surface area contributed by atoms with Crippen LogP contribution in [0.25, 0.3) is 21.6 Å². The van der Waals surface area contributed by atoms with Crippen LogP contribution in [-0.4, -0.2) is 59.7 Å². The number of halogens is 1. The Morgan fingerprint density at radius 1 is 1.08 bits per heavy atom. The number of amides is 1. The molecule has 0 radical (unpaired) electrons. The summed E-state index contributed by atoms with van der Waals surface area (Å²) in [6, 6.07) is 13.3. The highest BCUT2D eigenvalue weighted by molar-refractivity contribution is 7.89. The first-order chi connectivity index (χ1) is 17.7. The van der Waals surface area contributed by atoms with E-state index in [9.17, 15) is 18.0 Å². The number of rotatable bonds is 5. The Bertz CT molecular complexity index is 1650. The van der Waals surface area contributed by atoms with Crippen LogP contribution >= 0.6 is 22.9 Å². The Labute approximate surface area is 223 Å². The van der Waals surface area contributed by atoms with Gasteiger partial charge in [0.05, 0.1) is 10.4 Å². The van der Waals surface area contributed by atoms with E-state index in [1.54, 1.807) is 47.4 Å². The summed E-state index contributed by atoms with van der Waals surface area (Å²) in [6.07, 6.45) is 0.771. The SMILES string of the molecule is CCc1c(C)sc2nc(-c3ccc(C(=O)N4CCN(S(=O)(=O)c5ccccc5Cl)CC4)cc3)[nH]c(=O)c12. The van der Waals surface area contributed by atoms with Gasteiger partial charge in [0, 0.05) is 42.2 Å². The molecular weight excluding hydrogens is 532 g/mol. The monoisotopic (exact) mass is 556 g/mol. The standard InChI is InChI=1S/C26H25ClN4O4S2/c1-3-19-16(2)36-25-22(19)24(32)28-23(29-25)17-8-10-18(11-9-17)26(33)30-12-14-31(15-13-30)37(34,35)21-7-5-4-6-20(21)27/h4-11H,3,12-15H2,1-2H3,(H,28,29,32). The molecule has 2 aromatic carbocycles. The van der Waals surface area contributed by atoms with E-state index in [0.29, 0.717) is 27.2 Å². The van der Waals surface area contributed by atoms with Crippen LogP contribution in [-0.2, 0) is 16.4 Å². The number of benzene rings is 2. The van der Waals surface area contributed by atoms with Crippen molar-refractivity contribution in [3.8, 4) is 11.4 Å². The molecular formula is C26H25ClN4O4S2. The summed E-state index contributed by atoms with van der Waals surface area (Å²) in [6.45, 7) is 4.93. The Balaban J connectivity index is 1.30. The third kappa shape index (κ3) is 4.70. The van der Waals surface area contributed by atoms with Crippen molar-refractivity contribution in [3.63, 3.8) is 0 Å². The lowest BCUT2D eigenvalue weighted by Gasteiger charge is -2.34. The van der Waals surface area contributed by atoms with Gasteiger partial charge in [0.2, 0.25) is 10.0 Å². The molecule has 5 rings (SSSR count). The number of nitrogens with one attached hydrogen (secondary N) is 1. The Morgan fingerprint density at radius 3 is 2.41 bits per heavy atom. The second-order valence-electron chi connectivity index (χ2n) is 8.79. The van der Waals surface area contributed by atoms with E-state index in [-0.39, 0.29) is 47.6 Å². The number of hydrogen-bond acceptors (Lipinski definition) is 6. The number of hydrogen-bond donors (Lipinski definition) is 1. The maximum Gasteiger partial charge on any atom is 0.260 e. The van der Waals surface area contributed by atoms with Gasteiger partial charge in [-0.1, -0.05) is 42.8 Å². The number of H-pyrrole nitrogens is 1. The third-order valence-corrected chi connectivity index (χ3v) is 10.0. The topological polar surface area (TPSA) is 103 Å². The van der Waals surface area contributed by atoms with Gasteiger partial charge in [-0.3, -0.25) is 9.59 Å². The van der Waals surface area contributed by atoms with Gasteiger partial charge < -0.3 is 9.88 Å². The number of carbonyl (C=O) groups is 1. The minimum Gasteiger partial charge on any atom is -0.336 e. The summed E-state index contributed by atoms with van der Waals surface area (Å²) in [5.74, 6) is 0.276. The first-order valence-electron chi connectivity index (χ1n) is 11.9. The number of piperazine rings is 1. The average Bonchev–Trinajstić information content (AvgIpc) is 3.24. The molecule has 1 saturated heterocycles. The number of aromatic amines is 1. The number of nitrogens with zero attached hydrogens (tertiary/aromatic N) is 3. The summed E-state index contributed by atoms with van der Waals surface area (Å²) in [5, 5.41) is 0.826. The number of aryl methyl sites for hydroxylation is 2. The van der Waals surface area contributed by atoms with Crippen molar-refractivity contribution in [1.29, 1.82) is 0 Å². The molecule has 1 amide bonds. The minimum atomic E-state index is -3.74. The van der Waals surface area contributed by atoms with Crippen LogP contribution in [0.15, 0.2) is 58.2 Å². The Kier molecular flexibility index (Phi) is 6.93. The molecule has 0 atom stereocenters. The quantitative estimate of drug-likeness (QED) is 0.394. The maximum absolute atomic E-state index is 13.1. The number of fused-ring (bicyclic) bond motifs is 1. The number of sulfonamides is 1. The van der Waals surface area contributed by atoms with Crippen molar-refractivity contribution in [2.45, 2.75) is 25.2 Å². The first kappa shape index (κ1) is 25.6. The van der Waals surface area contributed by atoms with E-state index >= 15 is 0 Å². The fourth-order valence-electron chi connectivity index (χ4n) is 4.62. The van der Waals surface area contributed by atoms with E-state index in [1.165, 1.54) is 21.7 Å². The summed E-state index contributed by atoms with van der Waals surface area (Å²) in [4.78, 5) is 36.9. The first-order valence-corrected chi connectivity index (χ1v) is 14.5. The van der Waals surface area contributed by atoms with Crippen molar-refractivity contribution in [3.05, 3.63) is 79.9 Å². The van der Waals surface area contributed by atoms with Gasteiger partial charge in [-0.2, -0.15) is 4.31 Å². The summed E-state index contributed by atoms with van der Waals surface area (Å²) < 4.78 is 27.3. The highest BCUT2D eigenvalue weighted by Crippen LogP contribution is 2.29. The molecule has 0 aliphatic carbocycles. The van der Waals surface area contributed by atoms with Gasteiger partial charge in [-0.15, -0.1) is 11.3 Å². The van der Waals surface area contributed by atoms with Crippen molar-refractivity contribution in [2.75, 3.05) is 26.2 Å². The molecule has 8 nitrogen and oxygen atoms in total. The second-order valence-corrected chi connectivity index (χ2v) is 12.3. The number of aromatic nitrogens is 2. The summed E-state index contributed by atoms with van der Waals surface area (Å²) in [5.41, 5.74) is 2.05. The smallest absolute Gasteiger partial charge is 0.260 e. The van der Waals surface area contributed by atoms with Crippen molar-refractivity contribution in [1.82, 2.24) is 19.2 Å². The van der Waals surface area contributed by atoms with E-state index in [1.807, 2.05) is 13.8 Å². The predicted octanol–water partition coefficient (Wildman–Crippen LogP) is 4.32. The lowest BCUT2D eigenvalue weighted by Crippen LogP contribution is -2.50. The molecule has 1 fully saturated rings. The third-order valence-electron chi connectivity index (χ3n) is 6.60. The molecule has 0 spiro atoms. The molecule has 1 aliphatic rings. The van der Waals surface area contributed by atoms with E-state index in [2.05, 4.69) is 9.97 Å². The molecule has 1 aliphatic heterocycles. The molecule has 0 unspecified atom stereocenters. The molecule has 11 heteroatoms. The molecule has 192 valence electrons. The van der Waals surface area contributed by atoms with E-state index in [0.717, 1.165) is 16.9 Å². The molecule has 1 N–H and O–H groups in total. The number of thiophene rings is 1.